The van der Waals surface area contributed by atoms with Gasteiger partial charge in [-0.15, -0.1) is 21.5 Å². The Morgan fingerprint density at radius 1 is 1.30 bits per heavy atom. The fraction of sp³-hybridized carbons (Fsp3) is 0.375. The second-order valence-corrected chi connectivity index (χ2v) is 9.67. The Morgan fingerprint density at radius 2 is 2.03 bits per heavy atom. The summed E-state index contributed by atoms with van der Waals surface area (Å²) < 4.78 is 15.3. The molecule has 0 radical (unpaired) electrons. The van der Waals surface area contributed by atoms with E-state index >= 15 is 0 Å². The minimum atomic E-state index is -1.03. The molecule has 6 nitrogen and oxygen atoms in total. The molecule has 0 saturated heterocycles. The van der Waals surface area contributed by atoms with Crippen LogP contribution in [0.5, 0.6) is 0 Å². The summed E-state index contributed by atoms with van der Waals surface area (Å²) in [5.41, 5.74) is 3.49. The van der Waals surface area contributed by atoms with Gasteiger partial charge in [0.15, 0.2) is 5.82 Å². The van der Waals surface area contributed by atoms with Crippen LogP contribution in [0.25, 0.3) is 9.85 Å². The number of hydrogen-bond acceptors (Lipinski definition) is 5. The molecule has 1 aliphatic rings. The molecule has 2 atom stereocenters. The molecule has 4 rings (SSSR count). The lowest BCUT2D eigenvalue weighted by Gasteiger charge is -2.12. The molecule has 170 valence electrons. The number of carbonyl (C=O) groups excluding carboxylic acids is 1. The Hall–Kier alpha value is -2.89. The number of fused-ring (bicyclic) bond motifs is 3. The Kier molecular flexibility index (Phi) is 6.73. The number of thiophene rings is 1. The lowest BCUT2D eigenvalue weighted by molar-refractivity contribution is -0.119. The van der Waals surface area contributed by atoms with Crippen molar-refractivity contribution in [3.63, 3.8) is 0 Å². The van der Waals surface area contributed by atoms with Crippen molar-refractivity contribution in [2.24, 2.45) is 4.99 Å². The van der Waals surface area contributed by atoms with E-state index in [1.807, 2.05) is 30.5 Å². The number of aryl methyl sites for hydroxylation is 1. The number of benzene rings is 1. The standard InChI is InChI=1S/C24H23ClFN5OS/c1-13(26)5-10-18(32)11-19-23-30-29-15(3)31(23)24-21(14(2)20(33-24)12-27-4)22(28-19)16-6-8-17(25)9-7-16/h6-9,13,19H,5,10-12H2,1-3H3/t13?,19-/m0/s1. The number of ketones is 1. The summed E-state index contributed by atoms with van der Waals surface area (Å²) in [5.74, 6) is 1.20. The number of aromatic nitrogens is 3. The molecule has 0 spiro atoms. The number of alkyl halides is 1. The molecule has 1 unspecified atom stereocenters. The number of aliphatic imine (C=N–C) groups is 1. The maximum Gasteiger partial charge on any atom is 0.249 e. The minimum Gasteiger partial charge on any atom is -0.311 e. The van der Waals surface area contributed by atoms with Crippen LogP contribution in [-0.4, -0.2) is 32.4 Å². The van der Waals surface area contributed by atoms with Gasteiger partial charge in [0.05, 0.1) is 16.8 Å². The second-order valence-electron chi connectivity index (χ2n) is 8.15. The molecule has 3 heterocycles. The molecular formula is C24H23ClFN5OS. The SMILES string of the molecule is [C-]#[N+]Cc1sc2c(c1C)C(c1ccc(Cl)cc1)=N[C@@H](CC(=O)CCC(C)F)c1nnc(C)n1-2. The summed E-state index contributed by atoms with van der Waals surface area (Å²) in [6.45, 7) is 12.9. The van der Waals surface area contributed by atoms with Gasteiger partial charge in [-0.3, -0.25) is 14.4 Å². The van der Waals surface area contributed by atoms with E-state index in [0.717, 1.165) is 32.3 Å². The Balaban J connectivity index is 1.90. The van der Waals surface area contributed by atoms with E-state index < -0.39 is 12.2 Å². The maximum atomic E-state index is 13.3. The fourth-order valence-corrected chi connectivity index (χ4v) is 5.38. The number of rotatable bonds is 7. The number of carbonyl (C=O) groups is 1. The quantitative estimate of drug-likeness (QED) is 0.387. The van der Waals surface area contributed by atoms with E-state index in [9.17, 15) is 9.18 Å². The van der Waals surface area contributed by atoms with E-state index in [1.54, 1.807) is 12.1 Å². The van der Waals surface area contributed by atoms with Gasteiger partial charge in [-0.2, -0.15) is 0 Å². The molecule has 3 aromatic rings. The van der Waals surface area contributed by atoms with Gasteiger partial charge < -0.3 is 4.85 Å². The van der Waals surface area contributed by atoms with Gasteiger partial charge in [0, 0.05) is 29.0 Å². The first kappa shape index (κ1) is 23.3. The van der Waals surface area contributed by atoms with Crippen molar-refractivity contribution >= 4 is 34.4 Å². The zero-order valence-corrected chi connectivity index (χ0v) is 20.2. The largest absolute Gasteiger partial charge is 0.311 e. The fourth-order valence-electron chi connectivity index (χ4n) is 3.97. The molecule has 0 saturated carbocycles. The summed E-state index contributed by atoms with van der Waals surface area (Å²) in [6, 6.07) is 6.86. The Labute approximate surface area is 201 Å². The van der Waals surface area contributed by atoms with Crippen LogP contribution >= 0.6 is 22.9 Å². The lowest BCUT2D eigenvalue weighted by Crippen LogP contribution is -2.12. The van der Waals surface area contributed by atoms with E-state index in [2.05, 4.69) is 15.0 Å². The first-order valence-corrected chi connectivity index (χ1v) is 11.9. The molecule has 0 fully saturated rings. The second kappa shape index (κ2) is 9.54. The molecule has 0 N–H and O–H groups in total. The zero-order chi connectivity index (χ0) is 23.7. The molecule has 0 amide bonds. The van der Waals surface area contributed by atoms with Crippen LogP contribution in [0.2, 0.25) is 5.02 Å². The van der Waals surface area contributed by atoms with E-state index in [1.165, 1.54) is 18.3 Å². The van der Waals surface area contributed by atoms with Gasteiger partial charge in [-0.25, -0.2) is 11.0 Å². The van der Waals surface area contributed by atoms with Crippen molar-refractivity contribution in [3.8, 4) is 5.00 Å². The average molecular weight is 484 g/mol. The summed E-state index contributed by atoms with van der Waals surface area (Å²) >= 11 is 7.65. The highest BCUT2D eigenvalue weighted by molar-refractivity contribution is 7.15. The highest BCUT2D eigenvalue weighted by Crippen LogP contribution is 2.40. The molecular weight excluding hydrogens is 461 g/mol. The predicted octanol–water partition coefficient (Wildman–Crippen LogP) is 6.01. The predicted molar refractivity (Wildman–Crippen MR) is 128 cm³/mol. The van der Waals surface area contributed by atoms with Gasteiger partial charge in [0.25, 0.3) is 0 Å². The number of Topliss-reactive ketones (excluding diaryl/α,β-unsaturated/α-hetero) is 1. The molecule has 0 aliphatic carbocycles. The Bertz CT molecular complexity index is 1270. The van der Waals surface area contributed by atoms with Crippen molar-refractivity contribution in [2.45, 2.75) is 58.8 Å². The zero-order valence-electron chi connectivity index (χ0n) is 18.6. The van der Waals surface area contributed by atoms with Gasteiger partial charge in [-0.1, -0.05) is 23.7 Å². The van der Waals surface area contributed by atoms with Crippen LogP contribution in [0.15, 0.2) is 29.3 Å². The summed E-state index contributed by atoms with van der Waals surface area (Å²) in [6.07, 6.45) is -0.566. The third-order valence-corrected chi connectivity index (χ3v) is 7.20. The van der Waals surface area contributed by atoms with Crippen molar-refractivity contribution in [1.29, 1.82) is 0 Å². The molecule has 1 aliphatic heterocycles. The van der Waals surface area contributed by atoms with Crippen molar-refractivity contribution in [2.75, 3.05) is 0 Å². The highest BCUT2D eigenvalue weighted by atomic mass is 35.5. The lowest BCUT2D eigenvalue weighted by atomic mass is 9.99. The van der Waals surface area contributed by atoms with Crippen molar-refractivity contribution < 1.29 is 9.18 Å². The normalized spacial score (nSPS) is 15.8. The van der Waals surface area contributed by atoms with E-state index in [-0.39, 0.29) is 31.6 Å². The number of nitrogens with zero attached hydrogens (tertiary/aromatic N) is 5. The minimum absolute atomic E-state index is 0.0634. The van der Waals surface area contributed by atoms with Crippen LogP contribution in [0, 0.1) is 20.4 Å². The van der Waals surface area contributed by atoms with Crippen molar-refractivity contribution in [1.82, 2.24) is 14.8 Å². The molecule has 33 heavy (non-hydrogen) atoms. The summed E-state index contributed by atoms with van der Waals surface area (Å²) in [7, 11) is 0. The highest BCUT2D eigenvalue weighted by Gasteiger charge is 2.33. The number of halogens is 2. The monoisotopic (exact) mass is 483 g/mol. The van der Waals surface area contributed by atoms with Crippen LogP contribution in [0.4, 0.5) is 4.39 Å². The topological polar surface area (TPSA) is 64.5 Å². The summed E-state index contributed by atoms with van der Waals surface area (Å²) in [4.78, 5) is 22.3. The third-order valence-electron chi connectivity index (χ3n) is 5.68. The summed E-state index contributed by atoms with van der Waals surface area (Å²) in [5, 5.41) is 10.2. The van der Waals surface area contributed by atoms with Crippen LogP contribution in [0.3, 0.4) is 0 Å². The van der Waals surface area contributed by atoms with E-state index in [4.69, 9.17) is 23.2 Å². The smallest absolute Gasteiger partial charge is 0.249 e. The van der Waals surface area contributed by atoms with Gasteiger partial charge in [-0.05, 0) is 44.9 Å². The first-order chi connectivity index (χ1) is 15.8. The maximum absolute atomic E-state index is 13.3. The third kappa shape index (κ3) is 4.61. The van der Waals surface area contributed by atoms with Crippen molar-refractivity contribution in [3.05, 3.63) is 73.9 Å². The molecule has 2 aromatic heterocycles. The number of hydrogen-bond donors (Lipinski definition) is 0. The molecule has 0 bridgehead atoms. The molecule has 9 heteroatoms. The van der Waals surface area contributed by atoms with Crippen LogP contribution in [0.1, 0.15) is 65.4 Å². The average Bonchev–Trinajstić information content (AvgIpc) is 3.26. The van der Waals surface area contributed by atoms with Gasteiger partial charge in [0.2, 0.25) is 6.54 Å². The van der Waals surface area contributed by atoms with Gasteiger partial charge in [0.1, 0.15) is 22.7 Å². The first-order valence-electron chi connectivity index (χ1n) is 10.7. The van der Waals surface area contributed by atoms with Crippen LogP contribution in [-0.2, 0) is 11.3 Å². The Morgan fingerprint density at radius 3 is 2.70 bits per heavy atom. The van der Waals surface area contributed by atoms with Gasteiger partial charge >= 0.3 is 0 Å². The van der Waals surface area contributed by atoms with Crippen LogP contribution < -0.4 is 0 Å². The molecule has 1 aromatic carbocycles. The van der Waals surface area contributed by atoms with E-state index in [0.29, 0.717) is 16.7 Å².